The van der Waals surface area contributed by atoms with Gasteiger partial charge in [-0.1, -0.05) is 30.3 Å². The van der Waals surface area contributed by atoms with E-state index in [0.29, 0.717) is 12.4 Å². The average molecular weight is 230 g/mol. The summed E-state index contributed by atoms with van der Waals surface area (Å²) in [7, 11) is 0. The van der Waals surface area contributed by atoms with E-state index >= 15 is 0 Å². The fourth-order valence-electron chi connectivity index (χ4n) is 1.99. The molecule has 1 saturated heterocycles. The van der Waals surface area contributed by atoms with Crippen molar-refractivity contribution in [2.45, 2.75) is 25.5 Å². The van der Waals surface area contributed by atoms with Gasteiger partial charge in [0, 0.05) is 12.2 Å². The van der Waals surface area contributed by atoms with Gasteiger partial charge in [0.25, 0.3) is 0 Å². The number of rotatable bonds is 3. The van der Waals surface area contributed by atoms with Gasteiger partial charge in [0.1, 0.15) is 0 Å². The lowest BCUT2D eigenvalue weighted by molar-refractivity contribution is 0.0898. The number of ether oxygens (including phenoxy) is 1. The molecular formula is C12H14N4O. The van der Waals surface area contributed by atoms with Gasteiger partial charge in [-0.15, -0.1) is 10.2 Å². The maximum Gasteiger partial charge on any atom is 0.204 e. The largest absolute Gasteiger partial charge is 0.376 e. The molecule has 88 valence electrons. The first-order chi connectivity index (χ1) is 8.42. The predicted molar refractivity (Wildman–Crippen MR) is 62.2 cm³/mol. The summed E-state index contributed by atoms with van der Waals surface area (Å²) in [6.45, 7) is 1.55. The normalized spacial score (nSPS) is 19.6. The van der Waals surface area contributed by atoms with Crippen molar-refractivity contribution in [3.8, 4) is 11.4 Å². The number of hydrogen-bond donors (Lipinski definition) is 0. The van der Waals surface area contributed by atoms with Crippen LogP contribution in [0.1, 0.15) is 12.8 Å². The minimum Gasteiger partial charge on any atom is -0.376 e. The highest BCUT2D eigenvalue weighted by molar-refractivity contribution is 5.52. The molecule has 1 aliphatic heterocycles. The molecule has 1 atom stereocenters. The fourth-order valence-corrected chi connectivity index (χ4v) is 1.99. The molecule has 1 fully saturated rings. The Morgan fingerprint density at radius 1 is 1.29 bits per heavy atom. The van der Waals surface area contributed by atoms with Crippen molar-refractivity contribution in [3.63, 3.8) is 0 Å². The zero-order valence-electron chi connectivity index (χ0n) is 9.49. The first-order valence-electron chi connectivity index (χ1n) is 5.86. The summed E-state index contributed by atoms with van der Waals surface area (Å²) in [6, 6.07) is 9.87. The highest BCUT2D eigenvalue weighted by Crippen LogP contribution is 2.15. The summed E-state index contributed by atoms with van der Waals surface area (Å²) in [4.78, 5) is 1.62. The Morgan fingerprint density at radius 3 is 2.94 bits per heavy atom. The number of hydrogen-bond acceptors (Lipinski definition) is 4. The highest BCUT2D eigenvalue weighted by Gasteiger charge is 2.17. The van der Waals surface area contributed by atoms with Crippen molar-refractivity contribution in [1.82, 2.24) is 20.2 Å². The maximum absolute atomic E-state index is 5.54. The van der Waals surface area contributed by atoms with Crippen molar-refractivity contribution in [3.05, 3.63) is 30.3 Å². The van der Waals surface area contributed by atoms with Gasteiger partial charge >= 0.3 is 0 Å². The molecule has 17 heavy (non-hydrogen) atoms. The molecule has 2 aromatic rings. The quantitative estimate of drug-likeness (QED) is 0.802. The summed E-state index contributed by atoms with van der Waals surface area (Å²) in [5, 5.41) is 12.5. The Bertz CT molecular complexity index is 476. The third kappa shape index (κ3) is 2.34. The second kappa shape index (κ2) is 4.63. The molecule has 0 spiro atoms. The van der Waals surface area contributed by atoms with E-state index in [1.165, 1.54) is 0 Å². The van der Waals surface area contributed by atoms with E-state index in [9.17, 15) is 0 Å². The molecular weight excluding hydrogens is 216 g/mol. The molecule has 0 N–H and O–H groups in total. The topological polar surface area (TPSA) is 52.8 Å². The van der Waals surface area contributed by atoms with Crippen LogP contribution in [0, 0.1) is 0 Å². The Kier molecular flexibility index (Phi) is 2.83. The van der Waals surface area contributed by atoms with Crippen LogP contribution in [0.3, 0.4) is 0 Å². The van der Waals surface area contributed by atoms with E-state index in [2.05, 4.69) is 15.4 Å². The van der Waals surface area contributed by atoms with E-state index in [4.69, 9.17) is 4.74 Å². The van der Waals surface area contributed by atoms with Crippen molar-refractivity contribution < 1.29 is 4.74 Å². The summed E-state index contributed by atoms with van der Waals surface area (Å²) < 4.78 is 5.54. The van der Waals surface area contributed by atoms with Crippen molar-refractivity contribution >= 4 is 0 Å². The lowest BCUT2D eigenvalue weighted by Gasteiger charge is -2.06. The predicted octanol–water partition coefficient (Wildman–Crippen LogP) is 1.52. The van der Waals surface area contributed by atoms with Crippen LogP contribution in [-0.2, 0) is 11.3 Å². The fraction of sp³-hybridized carbons (Fsp3) is 0.417. The Labute approximate surface area is 99.4 Å². The number of benzene rings is 1. The number of tetrazole rings is 1. The van der Waals surface area contributed by atoms with Gasteiger partial charge < -0.3 is 4.74 Å². The Morgan fingerprint density at radius 2 is 2.18 bits per heavy atom. The van der Waals surface area contributed by atoms with Crippen LogP contribution in [-0.4, -0.2) is 32.9 Å². The second-order valence-electron chi connectivity index (χ2n) is 4.17. The van der Waals surface area contributed by atoms with Crippen molar-refractivity contribution in [1.29, 1.82) is 0 Å². The van der Waals surface area contributed by atoms with Crippen LogP contribution in [0.15, 0.2) is 30.3 Å². The van der Waals surface area contributed by atoms with Crippen LogP contribution in [0.25, 0.3) is 11.4 Å². The lowest BCUT2D eigenvalue weighted by atomic mass is 10.2. The molecule has 5 heteroatoms. The zero-order valence-corrected chi connectivity index (χ0v) is 9.49. The molecule has 2 heterocycles. The maximum atomic E-state index is 5.54. The molecule has 0 saturated carbocycles. The molecule has 1 aromatic carbocycles. The minimum absolute atomic E-state index is 0.243. The molecule has 5 nitrogen and oxygen atoms in total. The van der Waals surface area contributed by atoms with Gasteiger partial charge in [-0.3, -0.25) is 0 Å². The van der Waals surface area contributed by atoms with Crippen LogP contribution in [0.4, 0.5) is 0 Å². The van der Waals surface area contributed by atoms with Crippen molar-refractivity contribution in [2.24, 2.45) is 0 Å². The summed E-state index contributed by atoms with van der Waals surface area (Å²) in [5.74, 6) is 0.670. The number of nitrogens with zero attached hydrogens (tertiary/aromatic N) is 4. The Balaban J connectivity index is 1.74. The van der Waals surface area contributed by atoms with E-state index in [0.717, 1.165) is 25.0 Å². The highest BCUT2D eigenvalue weighted by atomic mass is 16.5. The molecule has 0 aliphatic carbocycles. The Hall–Kier alpha value is -1.75. The molecule has 0 bridgehead atoms. The van der Waals surface area contributed by atoms with Crippen LogP contribution in [0.2, 0.25) is 0 Å². The number of aromatic nitrogens is 4. The average Bonchev–Trinajstić information content (AvgIpc) is 3.02. The van der Waals surface area contributed by atoms with Gasteiger partial charge in [0.05, 0.1) is 12.6 Å². The smallest absolute Gasteiger partial charge is 0.204 e. The summed E-state index contributed by atoms with van der Waals surface area (Å²) in [6.07, 6.45) is 2.46. The molecule has 1 unspecified atom stereocenters. The van der Waals surface area contributed by atoms with Crippen LogP contribution >= 0.6 is 0 Å². The van der Waals surface area contributed by atoms with Gasteiger partial charge in [0.15, 0.2) is 0 Å². The zero-order chi connectivity index (χ0) is 11.5. The van der Waals surface area contributed by atoms with Crippen LogP contribution in [0.5, 0.6) is 0 Å². The van der Waals surface area contributed by atoms with Crippen LogP contribution < -0.4 is 0 Å². The summed E-state index contributed by atoms with van der Waals surface area (Å²) >= 11 is 0. The lowest BCUT2D eigenvalue weighted by Crippen LogP contribution is -2.17. The first-order valence-corrected chi connectivity index (χ1v) is 5.86. The molecule has 0 radical (unpaired) electrons. The first kappa shape index (κ1) is 10.4. The molecule has 1 aromatic heterocycles. The monoisotopic (exact) mass is 230 g/mol. The summed E-state index contributed by atoms with van der Waals surface area (Å²) in [5.41, 5.74) is 0.992. The minimum atomic E-state index is 0.243. The SMILES string of the molecule is c1ccc(-c2nnn(CC3CCCO3)n2)cc1. The van der Waals surface area contributed by atoms with Crippen molar-refractivity contribution in [2.75, 3.05) is 6.61 Å². The second-order valence-corrected chi connectivity index (χ2v) is 4.17. The van der Waals surface area contributed by atoms with E-state index in [1.807, 2.05) is 30.3 Å². The van der Waals surface area contributed by atoms with Gasteiger partial charge in [-0.05, 0) is 18.1 Å². The van der Waals surface area contributed by atoms with Gasteiger partial charge in [-0.2, -0.15) is 4.80 Å². The van der Waals surface area contributed by atoms with E-state index in [-0.39, 0.29) is 6.10 Å². The third-order valence-electron chi connectivity index (χ3n) is 2.88. The third-order valence-corrected chi connectivity index (χ3v) is 2.88. The van der Waals surface area contributed by atoms with E-state index in [1.54, 1.807) is 4.80 Å². The van der Waals surface area contributed by atoms with E-state index < -0.39 is 0 Å². The molecule has 0 amide bonds. The van der Waals surface area contributed by atoms with Gasteiger partial charge in [-0.25, -0.2) is 0 Å². The molecule has 1 aliphatic rings. The molecule has 3 rings (SSSR count). The van der Waals surface area contributed by atoms with Gasteiger partial charge in [0.2, 0.25) is 5.82 Å². The standard InChI is InChI=1S/C12H14N4O/c1-2-5-10(6-3-1)12-13-15-16(14-12)9-11-7-4-8-17-11/h1-3,5-6,11H,4,7-9H2.